The molecular weight excluding hydrogens is 323 g/mol. The van der Waals surface area contributed by atoms with Crippen molar-refractivity contribution in [3.05, 3.63) is 29.8 Å². The molecule has 2 atom stereocenters. The van der Waals surface area contributed by atoms with Gasteiger partial charge >= 0.3 is 6.18 Å². The largest absolute Gasteiger partial charge is 0.418 e. The Hall–Kier alpha value is -2.09. The molecule has 1 aliphatic rings. The normalized spacial score (nSPS) is 20.4. The molecule has 1 aromatic rings. The zero-order valence-electron chi connectivity index (χ0n) is 13.3. The molecule has 132 valence electrons. The molecule has 0 bridgehead atoms. The Kier molecular flexibility index (Phi) is 5.48. The number of amides is 2. The number of likely N-dealkylation sites (tertiary alicyclic amines) is 1. The number of para-hydroxylation sites is 1. The van der Waals surface area contributed by atoms with Crippen molar-refractivity contribution in [3.63, 3.8) is 0 Å². The Morgan fingerprint density at radius 1 is 1.33 bits per heavy atom. The number of nitrogens with zero attached hydrogens (tertiary/aromatic N) is 1. The molecule has 0 saturated carbocycles. The van der Waals surface area contributed by atoms with Crippen molar-refractivity contribution >= 4 is 17.5 Å². The Morgan fingerprint density at radius 3 is 2.62 bits per heavy atom. The van der Waals surface area contributed by atoms with Crippen LogP contribution >= 0.6 is 0 Å². The van der Waals surface area contributed by atoms with Gasteiger partial charge in [0.25, 0.3) is 0 Å². The van der Waals surface area contributed by atoms with Crippen molar-refractivity contribution in [2.45, 2.75) is 32.0 Å². The summed E-state index contributed by atoms with van der Waals surface area (Å²) < 4.78 is 38.9. The van der Waals surface area contributed by atoms with Gasteiger partial charge in [-0.15, -0.1) is 0 Å². The van der Waals surface area contributed by atoms with Crippen LogP contribution in [0.4, 0.5) is 18.9 Å². The Morgan fingerprint density at radius 2 is 2.00 bits per heavy atom. The molecule has 1 aromatic carbocycles. The molecule has 24 heavy (non-hydrogen) atoms. The SMILES string of the molecule is CC(C(=O)Nc1ccccc1C(F)(F)F)N1CCCC(C(N)=O)C1. The molecule has 1 fully saturated rings. The highest BCUT2D eigenvalue weighted by molar-refractivity contribution is 5.95. The minimum Gasteiger partial charge on any atom is -0.369 e. The quantitative estimate of drug-likeness (QED) is 0.880. The maximum atomic E-state index is 13.0. The molecule has 0 radical (unpaired) electrons. The second-order valence-corrected chi connectivity index (χ2v) is 5.95. The van der Waals surface area contributed by atoms with Crippen LogP contribution in [-0.2, 0) is 15.8 Å². The lowest BCUT2D eigenvalue weighted by Crippen LogP contribution is -2.49. The van der Waals surface area contributed by atoms with Gasteiger partial charge in [-0.3, -0.25) is 14.5 Å². The first-order chi connectivity index (χ1) is 11.2. The van der Waals surface area contributed by atoms with Crippen molar-refractivity contribution in [1.82, 2.24) is 4.90 Å². The van der Waals surface area contributed by atoms with E-state index in [2.05, 4.69) is 5.32 Å². The van der Waals surface area contributed by atoms with Gasteiger partial charge in [-0.05, 0) is 38.4 Å². The fraction of sp³-hybridized carbons (Fsp3) is 0.500. The third-order valence-corrected chi connectivity index (χ3v) is 4.27. The fourth-order valence-corrected chi connectivity index (χ4v) is 2.83. The lowest BCUT2D eigenvalue weighted by atomic mass is 9.96. The Labute approximate surface area is 138 Å². The molecule has 1 saturated heterocycles. The number of hydrogen-bond acceptors (Lipinski definition) is 3. The number of anilines is 1. The zero-order chi connectivity index (χ0) is 17.9. The topological polar surface area (TPSA) is 75.4 Å². The molecule has 0 aromatic heterocycles. The first kappa shape index (κ1) is 18.3. The molecule has 2 amide bonds. The van der Waals surface area contributed by atoms with Crippen LogP contribution in [0.3, 0.4) is 0 Å². The molecule has 5 nitrogen and oxygen atoms in total. The number of nitrogens with two attached hydrogens (primary N) is 1. The second kappa shape index (κ2) is 7.21. The monoisotopic (exact) mass is 343 g/mol. The molecule has 8 heteroatoms. The first-order valence-electron chi connectivity index (χ1n) is 7.70. The number of nitrogens with one attached hydrogen (secondary N) is 1. The van der Waals surface area contributed by atoms with Gasteiger partial charge in [-0.2, -0.15) is 13.2 Å². The minimum atomic E-state index is -4.55. The molecular formula is C16H20F3N3O2. The summed E-state index contributed by atoms with van der Waals surface area (Å²) in [5.74, 6) is -1.30. The number of hydrogen-bond donors (Lipinski definition) is 2. The van der Waals surface area contributed by atoms with Crippen molar-refractivity contribution in [1.29, 1.82) is 0 Å². The van der Waals surface area contributed by atoms with E-state index in [0.29, 0.717) is 25.9 Å². The van der Waals surface area contributed by atoms with E-state index < -0.39 is 29.6 Å². The van der Waals surface area contributed by atoms with Gasteiger partial charge in [0, 0.05) is 6.54 Å². The third kappa shape index (κ3) is 4.25. The summed E-state index contributed by atoms with van der Waals surface area (Å²) in [6.45, 7) is 2.54. The van der Waals surface area contributed by atoms with E-state index in [4.69, 9.17) is 5.73 Å². The maximum Gasteiger partial charge on any atom is 0.418 e. The van der Waals surface area contributed by atoms with Crippen LogP contribution < -0.4 is 11.1 Å². The van der Waals surface area contributed by atoms with Crippen LogP contribution in [0.5, 0.6) is 0 Å². The van der Waals surface area contributed by atoms with Crippen molar-refractivity contribution in [2.75, 3.05) is 18.4 Å². The van der Waals surface area contributed by atoms with E-state index in [1.165, 1.54) is 18.2 Å². The number of carbonyl (C=O) groups is 2. The zero-order valence-corrected chi connectivity index (χ0v) is 13.3. The van der Waals surface area contributed by atoms with Crippen LogP contribution in [0.25, 0.3) is 0 Å². The number of primary amides is 1. The summed E-state index contributed by atoms with van der Waals surface area (Å²) in [4.78, 5) is 25.4. The van der Waals surface area contributed by atoms with Gasteiger partial charge in [0.1, 0.15) is 0 Å². The van der Waals surface area contributed by atoms with Crippen LogP contribution in [0, 0.1) is 5.92 Å². The summed E-state index contributed by atoms with van der Waals surface area (Å²) in [5.41, 5.74) is 4.14. The summed E-state index contributed by atoms with van der Waals surface area (Å²) in [7, 11) is 0. The van der Waals surface area contributed by atoms with Crippen LogP contribution in [-0.4, -0.2) is 35.8 Å². The van der Waals surface area contributed by atoms with E-state index in [9.17, 15) is 22.8 Å². The number of carbonyl (C=O) groups excluding carboxylic acids is 2. The van der Waals surface area contributed by atoms with E-state index in [1.807, 2.05) is 0 Å². The molecule has 2 rings (SSSR count). The minimum absolute atomic E-state index is 0.273. The molecule has 0 spiro atoms. The summed E-state index contributed by atoms with van der Waals surface area (Å²) >= 11 is 0. The van der Waals surface area contributed by atoms with E-state index in [0.717, 1.165) is 6.07 Å². The summed E-state index contributed by atoms with van der Waals surface area (Å²) in [5, 5.41) is 2.34. The number of rotatable bonds is 4. The molecule has 1 aliphatic heterocycles. The van der Waals surface area contributed by atoms with Crippen LogP contribution in [0.15, 0.2) is 24.3 Å². The Bertz CT molecular complexity index is 619. The predicted molar refractivity (Wildman–Crippen MR) is 83.0 cm³/mol. The average Bonchev–Trinajstić information content (AvgIpc) is 2.53. The van der Waals surface area contributed by atoms with E-state index >= 15 is 0 Å². The predicted octanol–water partition coefficient (Wildman–Crippen LogP) is 2.23. The maximum absolute atomic E-state index is 13.0. The fourth-order valence-electron chi connectivity index (χ4n) is 2.83. The lowest BCUT2D eigenvalue weighted by molar-refractivity contribution is -0.137. The Balaban J connectivity index is 2.09. The number of benzene rings is 1. The van der Waals surface area contributed by atoms with Gasteiger partial charge in [0.15, 0.2) is 0 Å². The second-order valence-electron chi connectivity index (χ2n) is 5.95. The third-order valence-electron chi connectivity index (χ3n) is 4.27. The average molecular weight is 343 g/mol. The van der Waals surface area contributed by atoms with Crippen molar-refractivity contribution in [3.8, 4) is 0 Å². The van der Waals surface area contributed by atoms with Gasteiger partial charge in [0.05, 0.1) is 23.2 Å². The summed E-state index contributed by atoms with van der Waals surface area (Å²) in [6.07, 6.45) is -3.17. The highest BCUT2D eigenvalue weighted by atomic mass is 19.4. The van der Waals surface area contributed by atoms with Gasteiger partial charge < -0.3 is 11.1 Å². The lowest BCUT2D eigenvalue weighted by Gasteiger charge is -2.34. The number of halogens is 3. The smallest absolute Gasteiger partial charge is 0.369 e. The molecule has 0 aliphatic carbocycles. The van der Waals surface area contributed by atoms with Gasteiger partial charge in [0.2, 0.25) is 11.8 Å². The van der Waals surface area contributed by atoms with Crippen LogP contribution in [0.2, 0.25) is 0 Å². The molecule has 1 heterocycles. The van der Waals surface area contributed by atoms with Crippen molar-refractivity contribution < 1.29 is 22.8 Å². The van der Waals surface area contributed by atoms with Crippen molar-refractivity contribution in [2.24, 2.45) is 11.7 Å². The number of piperidine rings is 1. The van der Waals surface area contributed by atoms with Gasteiger partial charge in [-0.1, -0.05) is 12.1 Å². The highest BCUT2D eigenvalue weighted by Crippen LogP contribution is 2.34. The van der Waals surface area contributed by atoms with E-state index in [1.54, 1.807) is 11.8 Å². The molecule has 3 N–H and O–H groups in total. The first-order valence-corrected chi connectivity index (χ1v) is 7.70. The van der Waals surface area contributed by atoms with Crippen LogP contribution in [0.1, 0.15) is 25.3 Å². The van der Waals surface area contributed by atoms with Gasteiger partial charge in [-0.25, -0.2) is 0 Å². The molecule has 2 unspecified atom stereocenters. The number of alkyl halides is 3. The summed E-state index contributed by atoms with van der Waals surface area (Å²) in [6, 6.07) is 4.18. The standard InChI is InChI=1S/C16H20F3N3O2/c1-10(22-8-4-5-11(9-22)14(20)23)15(24)21-13-7-3-2-6-12(13)16(17,18)19/h2-3,6-7,10-11H,4-5,8-9H2,1H3,(H2,20,23)(H,21,24). The highest BCUT2D eigenvalue weighted by Gasteiger charge is 2.35. The van der Waals surface area contributed by atoms with E-state index in [-0.39, 0.29) is 11.6 Å².